The van der Waals surface area contributed by atoms with E-state index in [4.69, 9.17) is 4.74 Å². The van der Waals surface area contributed by atoms with Crippen LogP contribution in [-0.4, -0.2) is 23.6 Å². The summed E-state index contributed by atoms with van der Waals surface area (Å²) >= 11 is 0. The van der Waals surface area contributed by atoms with Gasteiger partial charge in [-0.3, -0.25) is 10.1 Å². The van der Waals surface area contributed by atoms with Gasteiger partial charge < -0.3 is 10.1 Å². The Balaban J connectivity index is 2.09. The largest absolute Gasteiger partial charge is 0.490 e. The van der Waals surface area contributed by atoms with Gasteiger partial charge in [-0.05, 0) is 38.4 Å². The fraction of sp³-hybridized carbons (Fsp3) is 0.500. The molecule has 0 heterocycles. The highest BCUT2D eigenvalue weighted by Crippen LogP contribution is 2.33. The van der Waals surface area contributed by atoms with Crippen LogP contribution in [0, 0.1) is 28.4 Å². The first-order chi connectivity index (χ1) is 9.49. The second-order valence-electron chi connectivity index (χ2n) is 5.13. The molecule has 0 aliphatic heterocycles. The lowest BCUT2D eigenvalue weighted by Gasteiger charge is -2.20. The lowest BCUT2D eigenvalue weighted by atomic mass is 10.0. The van der Waals surface area contributed by atoms with E-state index < -0.39 is 10.5 Å². The summed E-state index contributed by atoms with van der Waals surface area (Å²) in [5.74, 6) is 0.644. The van der Waals surface area contributed by atoms with Crippen molar-refractivity contribution in [3.8, 4) is 11.8 Å². The molecule has 1 aromatic carbocycles. The Labute approximate surface area is 117 Å². The number of ether oxygens (including phenoxy) is 1. The average molecular weight is 275 g/mol. The molecule has 2 rings (SSSR count). The molecular formula is C14H17N3O3. The fourth-order valence-electron chi connectivity index (χ4n) is 2.54. The SMILES string of the molecule is CNC1(C#N)CCC(Oc2ccc([N+](=O)[O-])cc2C)C1. The van der Waals surface area contributed by atoms with Gasteiger partial charge in [0.2, 0.25) is 0 Å². The summed E-state index contributed by atoms with van der Waals surface area (Å²) in [6.07, 6.45) is 2.13. The number of rotatable bonds is 4. The summed E-state index contributed by atoms with van der Waals surface area (Å²) in [6.45, 7) is 1.78. The molecule has 0 saturated heterocycles. The van der Waals surface area contributed by atoms with Crippen LogP contribution in [0.1, 0.15) is 24.8 Å². The first-order valence-corrected chi connectivity index (χ1v) is 6.51. The van der Waals surface area contributed by atoms with E-state index in [0.29, 0.717) is 12.2 Å². The van der Waals surface area contributed by atoms with Gasteiger partial charge in [-0.25, -0.2) is 0 Å². The molecule has 1 aliphatic carbocycles. The molecule has 1 N–H and O–H groups in total. The van der Waals surface area contributed by atoms with E-state index in [9.17, 15) is 15.4 Å². The Bertz CT molecular complexity index is 567. The summed E-state index contributed by atoms with van der Waals surface area (Å²) in [5.41, 5.74) is 0.278. The van der Waals surface area contributed by atoms with E-state index in [1.165, 1.54) is 12.1 Å². The van der Waals surface area contributed by atoms with E-state index in [-0.39, 0.29) is 11.8 Å². The van der Waals surface area contributed by atoms with Crippen LogP contribution in [0.2, 0.25) is 0 Å². The minimum Gasteiger partial charge on any atom is -0.490 e. The van der Waals surface area contributed by atoms with Gasteiger partial charge in [0.1, 0.15) is 17.4 Å². The number of hydrogen-bond donors (Lipinski definition) is 1. The van der Waals surface area contributed by atoms with Crippen molar-refractivity contribution in [2.45, 2.75) is 37.8 Å². The van der Waals surface area contributed by atoms with Crippen molar-refractivity contribution in [1.29, 1.82) is 5.26 Å². The lowest BCUT2D eigenvalue weighted by molar-refractivity contribution is -0.384. The van der Waals surface area contributed by atoms with E-state index in [2.05, 4.69) is 11.4 Å². The van der Waals surface area contributed by atoms with Crippen LogP contribution >= 0.6 is 0 Å². The van der Waals surface area contributed by atoms with Gasteiger partial charge in [0.25, 0.3) is 5.69 Å². The van der Waals surface area contributed by atoms with Crippen molar-refractivity contribution in [3.63, 3.8) is 0 Å². The van der Waals surface area contributed by atoms with Crippen LogP contribution in [0.3, 0.4) is 0 Å². The van der Waals surface area contributed by atoms with Crippen molar-refractivity contribution >= 4 is 5.69 Å². The third-order valence-electron chi connectivity index (χ3n) is 3.82. The quantitative estimate of drug-likeness (QED) is 0.673. The maximum atomic E-state index is 10.7. The Morgan fingerprint density at radius 2 is 2.35 bits per heavy atom. The Morgan fingerprint density at radius 3 is 2.85 bits per heavy atom. The fourth-order valence-corrected chi connectivity index (χ4v) is 2.54. The lowest BCUT2D eigenvalue weighted by Crippen LogP contribution is -2.39. The molecule has 20 heavy (non-hydrogen) atoms. The van der Waals surface area contributed by atoms with Crippen molar-refractivity contribution in [3.05, 3.63) is 33.9 Å². The maximum Gasteiger partial charge on any atom is 0.269 e. The van der Waals surface area contributed by atoms with Crippen molar-refractivity contribution < 1.29 is 9.66 Å². The Hall–Kier alpha value is -2.13. The van der Waals surface area contributed by atoms with Crippen LogP contribution in [0.5, 0.6) is 5.75 Å². The van der Waals surface area contributed by atoms with E-state index in [0.717, 1.165) is 18.4 Å². The number of non-ortho nitro benzene ring substituents is 1. The number of nitrogens with zero attached hydrogens (tertiary/aromatic N) is 2. The zero-order valence-electron chi connectivity index (χ0n) is 11.5. The summed E-state index contributed by atoms with van der Waals surface area (Å²) in [7, 11) is 1.78. The smallest absolute Gasteiger partial charge is 0.269 e. The monoisotopic (exact) mass is 275 g/mol. The average Bonchev–Trinajstić information content (AvgIpc) is 2.85. The second-order valence-corrected chi connectivity index (χ2v) is 5.13. The number of nitriles is 1. The van der Waals surface area contributed by atoms with Gasteiger partial charge >= 0.3 is 0 Å². The number of aryl methyl sites for hydroxylation is 1. The van der Waals surface area contributed by atoms with Crippen molar-refractivity contribution in [2.24, 2.45) is 0 Å². The zero-order valence-corrected chi connectivity index (χ0v) is 11.5. The molecule has 106 valence electrons. The van der Waals surface area contributed by atoms with Gasteiger partial charge in [-0.1, -0.05) is 0 Å². The molecule has 2 unspecified atom stereocenters. The summed E-state index contributed by atoms with van der Waals surface area (Å²) < 4.78 is 5.89. The maximum absolute atomic E-state index is 10.7. The third-order valence-corrected chi connectivity index (χ3v) is 3.82. The van der Waals surface area contributed by atoms with Gasteiger partial charge in [0.05, 0.1) is 11.0 Å². The number of nitro groups is 1. The Morgan fingerprint density at radius 1 is 1.60 bits per heavy atom. The zero-order chi connectivity index (χ0) is 14.8. The van der Waals surface area contributed by atoms with Crippen molar-refractivity contribution in [2.75, 3.05) is 7.05 Å². The number of hydrogen-bond acceptors (Lipinski definition) is 5. The molecule has 1 saturated carbocycles. The highest BCUT2D eigenvalue weighted by Gasteiger charge is 2.39. The van der Waals surface area contributed by atoms with E-state index in [1.807, 2.05) is 0 Å². The molecule has 0 radical (unpaired) electrons. The van der Waals surface area contributed by atoms with Crippen LogP contribution < -0.4 is 10.1 Å². The first-order valence-electron chi connectivity index (χ1n) is 6.51. The first kappa shape index (κ1) is 14.3. The highest BCUT2D eigenvalue weighted by molar-refractivity contribution is 5.43. The van der Waals surface area contributed by atoms with E-state index in [1.54, 1.807) is 20.0 Å². The summed E-state index contributed by atoms with van der Waals surface area (Å²) in [4.78, 5) is 10.3. The Kier molecular flexibility index (Phi) is 3.91. The topological polar surface area (TPSA) is 88.2 Å². The molecule has 1 aliphatic rings. The van der Waals surface area contributed by atoms with Gasteiger partial charge in [-0.2, -0.15) is 5.26 Å². The predicted molar refractivity (Wildman–Crippen MR) is 73.5 cm³/mol. The van der Waals surface area contributed by atoms with Crippen LogP contribution in [0.25, 0.3) is 0 Å². The molecule has 1 aromatic rings. The van der Waals surface area contributed by atoms with Gasteiger partial charge in [0.15, 0.2) is 0 Å². The predicted octanol–water partition coefficient (Wildman–Crippen LogP) is 2.32. The summed E-state index contributed by atoms with van der Waals surface area (Å²) in [6, 6.07) is 6.86. The molecule has 0 aromatic heterocycles. The van der Waals surface area contributed by atoms with Crippen LogP contribution in [-0.2, 0) is 0 Å². The van der Waals surface area contributed by atoms with Gasteiger partial charge in [-0.15, -0.1) is 0 Å². The second kappa shape index (κ2) is 5.47. The number of nitro benzene ring substituents is 1. The molecule has 2 atom stereocenters. The normalized spacial score (nSPS) is 25.1. The molecule has 1 fully saturated rings. The minimum atomic E-state index is -0.515. The molecular weight excluding hydrogens is 258 g/mol. The van der Waals surface area contributed by atoms with E-state index >= 15 is 0 Å². The minimum absolute atomic E-state index is 0.0396. The number of nitrogens with one attached hydrogen (secondary N) is 1. The summed E-state index contributed by atoms with van der Waals surface area (Å²) in [5, 5.41) is 23.0. The number of benzene rings is 1. The van der Waals surface area contributed by atoms with Gasteiger partial charge in [0, 0.05) is 18.6 Å². The van der Waals surface area contributed by atoms with Crippen LogP contribution in [0.4, 0.5) is 5.69 Å². The van der Waals surface area contributed by atoms with Crippen molar-refractivity contribution in [1.82, 2.24) is 5.32 Å². The molecule has 6 heteroatoms. The molecule has 0 bridgehead atoms. The third kappa shape index (κ3) is 2.73. The molecule has 6 nitrogen and oxygen atoms in total. The molecule has 0 amide bonds. The molecule has 0 spiro atoms. The highest BCUT2D eigenvalue weighted by atomic mass is 16.6. The standard InChI is InChI=1S/C14H17N3O3/c1-10-7-11(17(18)19)3-4-13(10)20-12-5-6-14(8-12,9-15)16-2/h3-4,7,12,16H,5-6,8H2,1-2H3. The van der Waals surface area contributed by atoms with Crippen LogP contribution in [0.15, 0.2) is 18.2 Å².